The second kappa shape index (κ2) is 5.44. The van der Waals surface area contributed by atoms with Gasteiger partial charge in [0.05, 0.1) is 31.4 Å². The van der Waals surface area contributed by atoms with Crippen molar-refractivity contribution in [2.45, 2.75) is 13.5 Å². The molecule has 2 aromatic rings. The number of aryl methyl sites for hydroxylation is 1. The third-order valence-electron chi connectivity index (χ3n) is 2.80. The summed E-state index contributed by atoms with van der Waals surface area (Å²) in [5, 5.41) is 0. The lowest BCUT2D eigenvalue weighted by molar-refractivity contribution is 0.417. The molecule has 2 N–H and O–H groups in total. The van der Waals surface area contributed by atoms with Crippen LogP contribution in [0, 0.1) is 6.92 Å². The number of hydrogen-bond donors (Lipinski definition) is 1. The molecule has 2 rings (SSSR count). The van der Waals surface area contributed by atoms with E-state index in [0.717, 1.165) is 5.56 Å². The lowest BCUT2D eigenvalue weighted by Crippen LogP contribution is -2.22. The van der Waals surface area contributed by atoms with E-state index in [4.69, 9.17) is 10.5 Å². The molecule has 0 aliphatic rings. The van der Waals surface area contributed by atoms with Gasteiger partial charge in [0.15, 0.2) is 0 Å². The van der Waals surface area contributed by atoms with Gasteiger partial charge >= 0.3 is 0 Å². The Balaban J connectivity index is 2.34. The Morgan fingerprint density at radius 1 is 1.47 bits per heavy atom. The van der Waals surface area contributed by atoms with Crippen molar-refractivity contribution in [1.82, 2.24) is 9.55 Å². The van der Waals surface area contributed by atoms with Gasteiger partial charge in [0.1, 0.15) is 10.2 Å². The molecule has 0 aliphatic carbocycles. The van der Waals surface area contributed by atoms with Crippen LogP contribution in [0.2, 0.25) is 0 Å². The number of benzene rings is 1. The second-order valence-corrected chi connectivity index (χ2v) is 4.95. The molecule has 0 unspecified atom stereocenters. The van der Waals surface area contributed by atoms with Crippen LogP contribution in [0.25, 0.3) is 0 Å². The van der Waals surface area contributed by atoms with Crippen LogP contribution >= 0.6 is 15.9 Å². The molecule has 0 atom stereocenters. The Kier molecular flexibility index (Phi) is 3.90. The SMILES string of the molecule is COc1ccc(Cn2cnc(C)c(Br)c2=O)cc1N. The topological polar surface area (TPSA) is 70.1 Å². The van der Waals surface area contributed by atoms with Gasteiger partial charge in [-0.25, -0.2) is 4.98 Å². The highest BCUT2D eigenvalue weighted by atomic mass is 79.9. The lowest BCUT2D eigenvalue weighted by Gasteiger charge is -2.09. The Morgan fingerprint density at radius 2 is 2.21 bits per heavy atom. The number of ether oxygens (including phenoxy) is 1. The van der Waals surface area contributed by atoms with E-state index in [9.17, 15) is 4.79 Å². The summed E-state index contributed by atoms with van der Waals surface area (Å²) in [7, 11) is 1.57. The van der Waals surface area contributed by atoms with E-state index in [0.29, 0.717) is 28.1 Å². The van der Waals surface area contributed by atoms with Crippen molar-refractivity contribution in [3.05, 3.63) is 50.6 Å². The molecule has 0 spiro atoms. The van der Waals surface area contributed by atoms with Crippen LogP contribution in [0.4, 0.5) is 5.69 Å². The lowest BCUT2D eigenvalue weighted by atomic mass is 10.2. The maximum absolute atomic E-state index is 12.0. The van der Waals surface area contributed by atoms with Crippen molar-refractivity contribution in [3.63, 3.8) is 0 Å². The van der Waals surface area contributed by atoms with Crippen LogP contribution in [-0.2, 0) is 6.54 Å². The molecule has 1 aromatic heterocycles. The highest BCUT2D eigenvalue weighted by Gasteiger charge is 2.07. The molecular weight excluding hydrogens is 310 g/mol. The van der Waals surface area contributed by atoms with Gasteiger partial charge in [-0.2, -0.15) is 0 Å². The van der Waals surface area contributed by atoms with E-state index in [1.807, 2.05) is 6.07 Å². The Bertz CT molecular complexity index is 667. The normalized spacial score (nSPS) is 10.5. The number of hydrogen-bond acceptors (Lipinski definition) is 4. The number of rotatable bonds is 3. The number of methoxy groups -OCH3 is 1. The smallest absolute Gasteiger partial charge is 0.268 e. The maximum Gasteiger partial charge on any atom is 0.268 e. The van der Waals surface area contributed by atoms with Crippen molar-refractivity contribution in [3.8, 4) is 5.75 Å². The van der Waals surface area contributed by atoms with Crippen molar-refractivity contribution in [2.75, 3.05) is 12.8 Å². The van der Waals surface area contributed by atoms with Gasteiger partial charge in [-0.1, -0.05) is 6.07 Å². The van der Waals surface area contributed by atoms with Gasteiger partial charge in [0.25, 0.3) is 5.56 Å². The molecule has 0 saturated heterocycles. The van der Waals surface area contributed by atoms with Crippen molar-refractivity contribution >= 4 is 21.6 Å². The molecule has 1 aromatic carbocycles. The fourth-order valence-electron chi connectivity index (χ4n) is 1.74. The molecule has 0 saturated carbocycles. The van der Waals surface area contributed by atoms with E-state index in [1.165, 1.54) is 10.9 Å². The third kappa shape index (κ3) is 2.78. The summed E-state index contributed by atoms with van der Waals surface area (Å²) in [6, 6.07) is 5.45. The molecule has 100 valence electrons. The molecule has 0 aliphatic heterocycles. The minimum absolute atomic E-state index is 0.109. The monoisotopic (exact) mass is 323 g/mol. The molecule has 0 bridgehead atoms. The van der Waals surface area contributed by atoms with Crippen LogP contribution in [0.5, 0.6) is 5.75 Å². The quantitative estimate of drug-likeness (QED) is 0.876. The predicted molar refractivity (Wildman–Crippen MR) is 77.4 cm³/mol. The molecule has 5 nitrogen and oxygen atoms in total. The highest BCUT2D eigenvalue weighted by Crippen LogP contribution is 2.22. The molecule has 19 heavy (non-hydrogen) atoms. The number of aromatic nitrogens is 2. The molecule has 0 fully saturated rings. The van der Waals surface area contributed by atoms with Gasteiger partial charge < -0.3 is 10.5 Å². The van der Waals surface area contributed by atoms with Gasteiger partial charge in [0, 0.05) is 0 Å². The minimum atomic E-state index is -0.109. The van der Waals surface area contributed by atoms with Gasteiger partial charge in [-0.3, -0.25) is 9.36 Å². The maximum atomic E-state index is 12.0. The zero-order chi connectivity index (χ0) is 14.0. The summed E-state index contributed by atoms with van der Waals surface area (Å²) in [5.41, 5.74) is 7.87. The van der Waals surface area contributed by atoms with E-state index in [2.05, 4.69) is 20.9 Å². The van der Waals surface area contributed by atoms with Crippen LogP contribution in [0.3, 0.4) is 0 Å². The van der Waals surface area contributed by atoms with Crippen LogP contribution in [-0.4, -0.2) is 16.7 Å². The molecule has 1 heterocycles. The van der Waals surface area contributed by atoms with E-state index in [1.54, 1.807) is 26.2 Å². The van der Waals surface area contributed by atoms with Crippen molar-refractivity contribution < 1.29 is 4.74 Å². The van der Waals surface area contributed by atoms with E-state index < -0.39 is 0 Å². The number of nitrogen functional groups attached to an aromatic ring is 1. The summed E-state index contributed by atoms with van der Waals surface area (Å²) >= 11 is 3.24. The predicted octanol–water partition coefficient (Wildman–Crippen LogP) is 1.95. The average molecular weight is 324 g/mol. The third-order valence-corrected chi connectivity index (χ3v) is 3.72. The average Bonchev–Trinajstić information content (AvgIpc) is 2.40. The highest BCUT2D eigenvalue weighted by molar-refractivity contribution is 9.10. The zero-order valence-corrected chi connectivity index (χ0v) is 12.3. The first kappa shape index (κ1) is 13.6. The fraction of sp³-hybridized carbons (Fsp3) is 0.231. The Labute approximate surface area is 119 Å². The van der Waals surface area contributed by atoms with Crippen molar-refractivity contribution in [2.24, 2.45) is 0 Å². The molecule has 0 radical (unpaired) electrons. The first-order valence-electron chi connectivity index (χ1n) is 5.67. The van der Waals surface area contributed by atoms with Gasteiger partial charge in [-0.15, -0.1) is 0 Å². The summed E-state index contributed by atoms with van der Waals surface area (Å²) in [5.74, 6) is 0.624. The summed E-state index contributed by atoms with van der Waals surface area (Å²) in [6.45, 7) is 2.19. The number of nitrogens with two attached hydrogens (primary N) is 1. The summed E-state index contributed by atoms with van der Waals surface area (Å²) in [4.78, 5) is 16.2. The molecular formula is C13H14BrN3O2. The van der Waals surface area contributed by atoms with Crippen LogP contribution < -0.4 is 16.0 Å². The van der Waals surface area contributed by atoms with Crippen LogP contribution in [0.15, 0.2) is 33.8 Å². The Hall–Kier alpha value is -1.82. The number of nitrogens with zero attached hydrogens (tertiary/aromatic N) is 2. The molecule has 0 amide bonds. The number of halogens is 1. The van der Waals surface area contributed by atoms with Gasteiger partial charge in [0.2, 0.25) is 0 Å². The first-order chi connectivity index (χ1) is 9.02. The van der Waals surface area contributed by atoms with Gasteiger partial charge in [-0.05, 0) is 40.5 Å². The van der Waals surface area contributed by atoms with E-state index >= 15 is 0 Å². The Morgan fingerprint density at radius 3 is 2.84 bits per heavy atom. The minimum Gasteiger partial charge on any atom is -0.495 e. The van der Waals surface area contributed by atoms with E-state index in [-0.39, 0.29) is 5.56 Å². The van der Waals surface area contributed by atoms with Crippen LogP contribution in [0.1, 0.15) is 11.3 Å². The number of anilines is 1. The fourth-order valence-corrected chi connectivity index (χ4v) is 2.07. The second-order valence-electron chi connectivity index (χ2n) is 4.15. The first-order valence-corrected chi connectivity index (χ1v) is 6.46. The zero-order valence-electron chi connectivity index (χ0n) is 10.7. The molecule has 6 heteroatoms. The largest absolute Gasteiger partial charge is 0.495 e. The van der Waals surface area contributed by atoms with Crippen molar-refractivity contribution in [1.29, 1.82) is 0 Å². The summed E-state index contributed by atoms with van der Waals surface area (Å²) in [6.07, 6.45) is 1.53. The standard InChI is InChI=1S/C13H14BrN3O2/c1-8-12(14)13(18)17(7-16-8)6-9-3-4-11(19-2)10(15)5-9/h3-5,7H,6,15H2,1-2H3. The summed E-state index contributed by atoms with van der Waals surface area (Å²) < 4.78 is 7.10.